The predicted molar refractivity (Wildman–Crippen MR) is 73.2 cm³/mol. The molecule has 3 nitrogen and oxygen atoms in total. The molecule has 1 aromatic rings. The molecule has 1 saturated heterocycles. The minimum atomic E-state index is 0.477. The fraction of sp³-hybridized carbons (Fsp3) is 0.462. The van der Waals surface area contributed by atoms with Gasteiger partial charge < -0.3 is 10.2 Å². The molecule has 17 heavy (non-hydrogen) atoms. The molecule has 1 heterocycles. The van der Waals surface area contributed by atoms with Gasteiger partial charge in [-0.25, -0.2) is 0 Å². The molecule has 0 aromatic heterocycles. The van der Waals surface area contributed by atoms with Crippen LogP contribution in [0.3, 0.4) is 0 Å². The lowest BCUT2D eigenvalue weighted by Crippen LogP contribution is -2.44. The largest absolute Gasteiger partial charge is 0.369 e. The monoisotopic (exact) mass is 293 g/mol. The third-order valence-corrected chi connectivity index (χ3v) is 3.77. The van der Waals surface area contributed by atoms with Gasteiger partial charge in [-0.15, -0.1) is 0 Å². The number of benzene rings is 1. The Balaban J connectivity index is 2.25. The van der Waals surface area contributed by atoms with E-state index in [1.807, 2.05) is 18.2 Å². The van der Waals surface area contributed by atoms with E-state index < -0.39 is 0 Å². The van der Waals surface area contributed by atoms with Gasteiger partial charge >= 0.3 is 0 Å². The minimum Gasteiger partial charge on any atom is -0.369 e. The SMILES string of the molecule is CN(c1cc(Br)ccc1C#N)C1CCCNC1. The second-order valence-corrected chi connectivity index (χ2v) is 5.30. The quantitative estimate of drug-likeness (QED) is 0.911. The first-order chi connectivity index (χ1) is 8.22. The van der Waals surface area contributed by atoms with Crippen molar-refractivity contribution >= 4 is 21.6 Å². The van der Waals surface area contributed by atoms with Crippen molar-refractivity contribution in [2.45, 2.75) is 18.9 Å². The third-order valence-electron chi connectivity index (χ3n) is 3.28. The van der Waals surface area contributed by atoms with Crippen LogP contribution in [0.5, 0.6) is 0 Å². The van der Waals surface area contributed by atoms with E-state index in [1.165, 1.54) is 12.8 Å². The predicted octanol–water partition coefficient (Wildman–Crippen LogP) is 2.51. The number of anilines is 1. The zero-order chi connectivity index (χ0) is 12.3. The number of rotatable bonds is 2. The van der Waals surface area contributed by atoms with Gasteiger partial charge in [0, 0.05) is 24.1 Å². The van der Waals surface area contributed by atoms with Gasteiger partial charge in [-0.2, -0.15) is 5.26 Å². The highest BCUT2D eigenvalue weighted by Gasteiger charge is 2.20. The molecule has 2 rings (SSSR count). The summed E-state index contributed by atoms with van der Waals surface area (Å²) >= 11 is 3.47. The van der Waals surface area contributed by atoms with Crippen molar-refractivity contribution in [2.75, 3.05) is 25.0 Å². The summed E-state index contributed by atoms with van der Waals surface area (Å²) in [5, 5.41) is 12.6. The molecule has 1 fully saturated rings. The van der Waals surface area contributed by atoms with Crippen LogP contribution in [0.25, 0.3) is 0 Å². The van der Waals surface area contributed by atoms with Gasteiger partial charge in [0.2, 0.25) is 0 Å². The van der Waals surface area contributed by atoms with Crippen LogP contribution < -0.4 is 10.2 Å². The fourth-order valence-corrected chi connectivity index (χ4v) is 2.60. The summed E-state index contributed by atoms with van der Waals surface area (Å²) in [6.45, 7) is 2.10. The van der Waals surface area contributed by atoms with Gasteiger partial charge in [0.25, 0.3) is 0 Å². The van der Waals surface area contributed by atoms with Crippen LogP contribution in [0.2, 0.25) is 0 Å². The number of hydrogen-bond donors (Lipinski definition) is 1. The fourth-order valence-electron chi connectivity index (χ4n) is 2.25. The van der Waals surface area contributed by atoms with Gasteiger partial charge in [0.15, 0.2) is 0 Å². The second-order valence-electron chi connectivity index (χ2n) is 4.38. The van der Waals surface area contributed by atoms with Crippen LogP contribution in [0.1, 0.15) is 18.4 Å². The number of nitrogens with one attached hydrogen (secondary N) is 1. The Morgan fingerprint density at radius 3 is 3.00 bits per heavy atom. The number of halogens is 1. The molecular formula is C13H16BrN3. The maximum Gasteiger partial charge on any atom is 0.101 e. The van der Waals surface area contributed by atoms with E-state index in [0.717, 1.165) is 28.8 Å². The molecule has 0 bridgehead atoms. The standard InChI is InChI=1S/C13H16BrN3/c1-17(12-3-2-6-16-9-12)13-7-11(14)5-4-10(13)8-15/h4-5,7,12,16H,2-3,6,9H2,1H3. The van der Waals surface area contributed by atoms with E-state index in [4.69, 9.17) is 5.26 Å². The van der Waals surface area contributed by atoms with E-state index in [2.05, 4.69) is 39.3 Å². The highest BCUT2D eigenvalue weighted by Crippen LogP contribution is 2.26. The summed E-state index contributed by atoms with van der Waals surface area (Å²) in [6.07, 6.45) is 2.38. The van der Waals surface area contributed by atoms with Crippen molar-refractivity contribution < 1.29 is 0 Å². The molecule has 1 aliphatic heterocycles. The van der Waals surface area contributed by atoms with Crippen LogP contribution in [-0.2, 0) is 0 Å². The molecular weight excluding hydrogens is 278 g/mol. The zero-order valence-electron chi connectivity index (χ0n) is 9.91. The van der Waals surface area contributed by atoms with Crippen molar-refractivity contribution in [2.24, 2.45) is 0 Å². The maximum absolute atomic E-state index is 9.15. The molecule has 0 radical (unpaired) electrons. The Labute approximate surface area is 111 Å². The third kappa shape index (κ3) is 2.80. The Morgan fingerprint density at radius 1 is 1.53 bits per heavy atom. The molecule has 0 aliphatic carbocycles. The van der Waals surface area contributed by atoms with E-state index >= 15 is 0 Å². The van der Waals surface area contributed by atoms with Gasteiger partial charge in [0.1, 0.15) is 6.07 Å². The van der Waals surface area contributed by atoms with Gasteiger partial charge in [-0.3, -0.25) is 0 Å². The smallest absolute Gasteiger partial charge is 0.101 e. The van der Waals surface area contributed by atoms with Gasteiger partial charge in [-0.1, -0.05) is 15.9 Å². The molecule has 4 heteroatoms. The summed E-state index contributed by atoms with van der Waals surface area (Å²) < 4.78 is 1.02. The molecule has 90 valence electrons. The molecule has 1 unspecified atom stereocenters. The van der Waals surface area contributed by atoms with Crippen LogP contribution >= 0.6 is 15.9 Å². The van der Waals surface area contributed by atoms with E-state index in [0.29, 0.717) is 6.04 Å². The van der Waals surface area contributed by atoms with Crippen LogP contribution in [0.4, 0.5) is 5.69 Å². The number of hydrogen-bond acceptors (Lipinski definition) is 3. The van der Waals surface area contributed by atoms with Gasteiger partial charge in [0.05, 0.1) is 11.3 Å². The Kier molecular flexibility index (Phi) is 4.03. The highest BCUT2D eigenvalue weighted by atomic mass is 79.9. The van der Waals surface area contributed by atoms with Crippen LogP contribution in [0.15, 0.2) is 22.7 Å². The Morgan fingerprint density at radius 2 is 2.35 bits per heavy atom. The second kappa shape index (κ2) is 5.52. The zero-order valence-corrected chi connectivity index (χ0v) is 11.5. The number of nitrogens with zero attached hydrogens (tertiary/aromatic N) is 2. The lowest BCUT2D eigenvalue weighted by Gasteiger charge is -2.33. The maximum atomic E-state index is 9.15. The Hall–Kier alpha value is -1.05. The summed E-state index contributed by atoms with van der Waals surface area (Å²) in [6, 6.07) is 8.54. The Bertz CT molecular complexity index is 433. The molecule has 1 aromatic carbocycles. The van der Waals surface area contributed by atoms with Crippen molar-refractivity contribution in [1.82, 2.24) is 5.32 Å². The van der Waals surface area contributed by atoms with E-state index in [1.54, 1.807) is 0 Å². The van der Waals surface area contributed by atoms with Gasteiger partial charge in [-0.05, 0) is 37.6 Å². The molecule has 1 atom stereocenters. The average molecular weight is 294 g/mol. The van der Waals surface area contributed by atoms with Crippen LogP contribution in [-0.4, -0.2) is 26.2 Å². The first kappa shape index (κ1) is 12.4. The number of likely N-dealkylation sites (N-methyl/N-ethyl adjacent to an activating group) is 1. The minimum absolute atomic E-state index is 0.477. The van der Waals surface area contributed by atoms with Crippen molar-refractivity contribution in [3.8, 4) is 6.07 Å². The molecule has 0 spiro atoms. The summed E-state index contributed by atoms with van der Waals surface area (Å²) in [7, 11) is 2.07. The highest BCUT2D eigenvalue weighted by molar-refractivity contribution is 9.10. The molecule has 0 saturated carbocycles. The summed E-state index contributed by atoms with van der Waals surface area (Å²) in [4.78, 5) is 2.22. The lowest BCUT2D eigenvalue weighted by molar-refractivity contribution is 0.445. The topological polar surface area (TPSA) is 39.1 Å². The molecule has 1 aliphatic rings. The molecule has 1 N–H and O–H groups in total. The summed E-state index contributed by atoms with van der Waals surface area (Å²) in [5.74, 6) is 0. The van der Waals surface area contributed by atoms with Crippen molar-refractivity contribution in [1.29, 1.82) is 5.26 Å². The first-order valence-electron chi connectivity index (χ1n) is 5.85. The van der Waals surface area contributed by atoms with E-state index in [9.17, 15) is 0 Å². The normalized spacial score (nSPS) is 19.7. The average Bonchev–Trinajstić information content (AvgIpc) is 2.39. The number of nitriles is 1. The summed E-state index contributed by atoms with van der Waals surface area (Å²) in [5.41, 5.74) is 1.75. The number of piperidine rings is 1. The van der Waals surface area contributed by atoms with E-state index in [-0.39, 0.29) is 0 Å². The van der Waals surface area contributed by atoms with Crippen molar-refractivity contribution in [3.05, 3.63) is 28.2 Å². The molecule has 0 amide bonds. The van der Waals surface area contributed by atoms with Crippen molar-refractivity contribution in [3.63, 3.8) is 0 Å². The lowest BCUT2D eigenvalue weighted by atomic mass is 10.0. The first-order valence-corrected chi connectivity index (χ1v) is 6.65. The van der Waals surface area contributed by atoms with Crippen LogP contribution in [0, 0.1) is 11.3 Å².